The maximum absolute atomic E-state index is 13.2. The molecule has 2 saturated heterocycles. The minimum atomic E-state index is -1.16. The molecule has 3 aliphatic heterocycles. The zero-order chi connectivity index (χ0) is 22.2. The first kappa shape index (κ1) is 20.2. The molecule has 2 aromatic heterocycles. The summed E-state index contributed by atoms with van der Waals surface area (Å²) in [6, 6.07) is 5.58. The van der Waals surface area contributed by atoms with Crippen molar-refractivity contribution < 1.29 is 24.2 Å². The number of carbonyl (C=O) groups is 3. The van der Waals surface area contributed by atoms with Gasteiger partial charge in [-0.15, -0.1) is 0 Å². The molecule has 0 saturated carbocycles. The van der Waals surface area contributed by atoms with Crippen LogP contribution in [0.4, 0.5) is 22.1 Å². The Bertz CT molecular complexity index is 1090. The molecule has 32 heavy (non-hydrogen) atoms. The van der Waals surface area contributed by atoms with Crippen LogP contribution in [0.1, 0.15) is 33.7 Å². The van der Waals surface area contributed by atoms with E-state index in [1.54, 1.807) is 12.1 Å². The Labute approximate surface area is 183 Å². The summed E-state index contributed by atoms with van der Waals surface area (Å²) >= 11 is 0. The molecule has 3 amide bonds. The highest BCUT2D eigenvalue weighted by Gasteiger charge is 2.40. The summed E-state index contributed by atoms with van der Waals surface area (Å²) in [6.07, 6.45) is 2.96. The minimum absolute atomic E-state index is 0.0293. The highest BCUT2D eigenvalue weighted by molar-refractivity contribution is 6.05. The Balaban J connectivity index is 1.37. The van der Waals surface area contributed by atoms with Crippen LogP contribution in [0, 0.1) is 0 Å². The fourth-order valence-corrected chi connectivity index (χ4v) is 4.32. The van der Waals surface area contributed by atoms with E-state index in [-0.39, 0.29) is 29.5 Å². The number of hydrogen-bond acceptors (Lipinski definition) is 7. The Kier molecular flexibility index (Phi) is 5.10. The molecule has 5 heterocycles. The lowest BCUT2D eigenvalue weighted by Gasteiger charge is -2.35. The standard InChI is InChI=1S/C21H22N6O5/c28-19(23-13-5-8-32-11-13)12-3-6-22-17(9-12)25-21(31)27-14-4-7-26(10-14)16-2-1-15(20(29)30)24-18(16)27/h1-3,6,9,13-14H,4-5,7-8,10-11H2,(H,23,28)(H,29,30)(H,22,25,31)/t13-,14-/m0/s1. The number of ether oxygens (including phenoxy) is 1. The Hall–Kier alpha value is -3.73. The summed E-state index contributed by atoms with van der Waals surface area (Å²) in [6.45, 7) is 2.51. The molecule has 3 N–H and O–H groups in total. The predicted octanol–water partition coefficient (Wildman–Crippen LogP) is 1.32. The van der Waals surface area contributed by atoms with Crippen LogP contribution in [-0.4, -0.2) is 71.4 Å². The lowest BCUT2D eigenvalue weighted by molar-refractivity contribution is 0.0690. The van der Waals surface area contributed by atoms with E-state index in [1.807, 2.05) is 0 Å². The molecule has 2 bridgehead atoms. The fourth-order valence-electron chi connectivity index (χ4n) is 4.32. The van der Waals surface area contributed by atoms with E-state index in [9.17, 15) is 19.5 Å². The largest absolute Gasteiger partial charge is 0.477 e. The van der Waals surface area contributed by atoms with Crippen LogP contribution in [0.3, 0.4) is 0 Å². The minimum Gasteiger partial charge on any atom is -0.477 e. The van der Waals surface area contributed by atoms with Crippen molar-refractivity contribution in [2.24, 2.45) is 0 Å². The van der Waals surface area contributed by atoms with Crippen molar-refractivity contribution in [2.75, 3.05) is 41.4 Å². The van der Waals surface area contributed by atoms with Crippen molar-refractivity contribution in [3.63, 3.8) is 0 Å². The van der Waals surface area contributed by atoms with Gasteiger partial charge in [0.05, 0.1) is 24.4 Å². The number of amides is 3. The molecular formula is C21H22N6O5. The summed E-state index contributed by atoms with van der Waals surface area (Å²) in [5, 5.41) is 15.0. The third kappa shape index (κ3) is 3.71. The van der Waals surface area contributed by atoms with Gasteiger partial charge in [-0.3, -0.25) is 15.0 Å². The van der Waals surface area contributed by atoms with Gasteiger partial charge >= 0.3 is 12.0 Å². The fraction of sp³-hybridized carbons (Fsp3) is 0.381. The van der Waals surface area contributed by atoms with Gasteiger partial charge in [-0.25, -0.2) is 19.6 Å². The van der Waals surface area contributed by atoms with E-state index in [2.05, 4.69) is 25.5 Å². The number of rotatable bonds is 4. The summed E-state index contributed by atoms with van der Waals surface area (Å²) in [5.41, 5.74) is 0.968. The monoisotopic (exact) mass is 438 g/mol. The molecule has 0 spiro atoms. The highest BCUT2D eigenvalue weighted by atomic mass is 16.5. The topological polar surface area (TPSA) is 137 Å². The van der Waals surface area contributed by atoms with Crippen LogP contribution in [0.15, 0.2) is 30.5 Å². The second kappa shape index (κ2) is 8.08. The molecule has 2 atom stereocenters. The van der Waals surface area contributed by atoms with Gasteiger partial charge in [-0.05, 0) is 37.1 Å². The number of carbonyl (C=O) groups excluding carboxylic acids is 2. The van der Waals surface area contributed by atoms with Crippen LogP contribution < -0.4 is 20.4 Å². The summed E-state index contributed by atoms with van der Waals surface area (Å²) < 4.78 is 5.28. The van der Waals surface area contributed by atoms with Gasteiger partial charge in [0.25, 0.3) is 5.91 Å². The number of nitrogens with one attached hydrogen (secondary N) is 2. The first-order valence-corrected chi connectivity index (χ1v) is 10.4. The Morgan fingerprint density at radius 1 is 1.19 bits per heavy atom. The van der Waals surface area contributed by atoms with Crippen molar-refractivity contribution in [1.82, 2.24) is 15.3 Å². The van der Waals surface area contributed by atoms with Crippen LogP contribution in [0.5, 0.6) is 0 Å². The normalized spacial score (nSPS) is 21.2. The van der Waals surface area contributed by atoms with Gasteiger partial charge in [-0.2, -0.15) is 0 Å². The number of aromatic carboxylic acids is 1. The van der Waals surface area contributed by atoms with Gasteiger partial charge in [0.15, 0.2) is 11.5 Å². The van der Waals surface area contributed by atoms with Crippen molar-refractivity contribution in [2.45, 2.75) is 24.9 Å². The molecule has 2 aromatic rings. The van der Waals surface area contributed by atoms with Crippen molar-refractivity contribution in [3.05, 3.63) is 41.7 Å². The van der Waals surface area contributed by atoms with Crippen molar-refractivity contribution in [3.8, 4) is 0 Å². The maximum atomic E-state index is 13.2. The number of pyridine rings is 2. The van der Waals surface area contributed by atoms with Crippen molar-refractivity contribution in [1.29, 1.82) is 0 Å². The first-order chi connectivity index (χ1) is 15.5. The summed E-state index contributed by atoms with van der Waals surface area (Å²) in [7, 11) is 0. The second-order valence-corrected chi connectivity index (χ2v) is 8.00. The zero-order valence-electron chi connectivity index (χ0n) is 17.2. The van der Waals surface area contributed by atoms with Gasteiger partial charge in [0.2, 0.25) is 0 Å². The molecule has 11 nitrogen and oxygen atoms in total. The number of nitrogens with zero attached hydrogens (tertiary/aromatic N) is 4. The molecule has 11 heteroatoms. The molecule has 5 rings (SSSR count). The number of fused-ring (bicyclic) bond motifs is 4. The van der Waals surface area contributed by atoms with Gasteiger partial charge < -0.3 is 20.1 Å². The zero-order valence-corrected chi connectivity index (χ0v) is 17.2. The quantitative estimate of drug-likeness (QED) is 0.650. The number of anilines is 3. The van der Waals surface area contributed by atoms with E-state index >= 15 is 0 Å². The SMILES string of the molecule is O=C(N[C@H]1CCOC1)c1ccnc(NC(=O)N2c3nc(C(=O)O)ccc3N3CC[C@H]2C3)c1. The van der Waals surface area contributed by atoms with E-state index in [0.717, 1.165) is 25.1 Å². The number of carboxylic acids is 1. The van der Waals surface area contributed by atoms with Crippen LogP contribution >= 0.6 is 0 Å². The van der Waals surface area contributed by atoms with Gasteiger partial charge in [-0.1, -0.05) is 0 Å². The molecule has 2 fully saturated rings. The van der Waals surface area contributed by atoms with E-state index in [0.29, 0.717) is 31.1 Å². The molecule has 3 aliphatic rings. The van der Waals surface area contributed by atoms with Gasteiger partial charge in [0, 0.05) is 31.5 Å². The van der Waals surface area contributed by atoms with Crippen LogP contribution in [-0.2, 0) is 4.74 Å². The molecule has 0 unspecified atom stereocenters. The molecular weight excluding hydrogens is 416 g/mol. The Morgan fingerprint density at radius 2 is 2.06 bits per heavy atom. The number of aromatic nitrogens is 2. The number of carboxylic acid groups (broad SMARTS) is 1. The maximum Gasteiger partial charge on any atom is 0.354 e. The van der Waals surface area contributed by atoms with Gasteiger partial charge in [0.1, 0.15) is 5.82 Å². The summed E-state index contributed by atoms with van der Waals surface area (Å²) in [5.74, 6) is -0.886. The van der Waals surface area contributed by atoms with E-state index in [4.69, 9.17) is 4.74 Å². The number of hydrogen-bond donors (Lipinski definition) is 3. The Morgan fingerprint density at radius 3 is 2.84 bits per heavy atom. The van der Waals surface area contributed by atoms with E-state index < -0.39 is 12.0 Å². The first-order valence-electron chi connectivity index (χ1n) is 10.4. The molecule has 166 valence electrons. The molecule has 0 aromatic carbocycles. The lowest BCUT2D eigenvalue weighted by Crippen LogP contribution is -2.48. The van der Waals surface area contributed by atoms with Crippen LogP contribution in [0.2, 0.25) is 0 Å². The predicted molar refractivity (Wildman–Crippen MR) is 114 cm³/mol. The third-order valence-corrected chi connectivity index (χ3v) is 5.91. The average molecular weight is 438 g/mol. The van der Waals surface area contributed by atoms with E-state index in [1.165, 1.54) is 23.2 Å². The van der Waals surface area contributed by atoms with Crippen LogP contribution in [0.25, 0.3) is 0 Å². The molecule has 0 radical (unpaired) electrons. The third-order valence-electron chi connectivity index (χ3n) is 5.91. The lowest BCUT2D eigenvalue weighted by atomic mass is 10.1. The highest BCUT2D eigenvalue weighted by Crippen LogP contribution is 2.39. The molecule has 0 aliphatic carbocycles. The van der Waals surface area contributed by atoms with Crippen molar-refractivity contribution >= 4 is 35.2 Å². The number of urea groups is 1. The average Bonchev–Trinajstić information content (AvgIpc) is 3.44. The second-order valence-electron chi connectivity index (χ2n) is 8.00. The smallest absolute Gasteiger partial charge is 0.354 e. The summed E-state index contributed by atoms with van der Waals surface area (Å²) in [4.78, 5) is 49.1.